The molecule has 0 atom stereocenters. The summed E-state index contributed by atoms with van der Waals surface area (Å²) in [6.45, 7) is 5.96. The third-order valence-corrected chi connectivity index (χ3v) is 4.28. The summed E-state index contributed by atoms with van der Waals surface area (Å²) in [7, 11) is 0.558. The Morgan fingerprint density at radius 1 is 1.33 bits per heavy atom. The summed E-state index contributed by atoms with van der Waals surface area (Å²) in [5, 5.41) is 0. The van der Waals surface area contributed by atoms with Gasteiger partial charge in [0.15, 0.2) is 0 Å². The van der Waals surface area contributed by atoms with E-state index in [0.29, 0.717) is 0 Å². The number of carbonyl (C=O) groups excluding carboxylic acids is 1. The summed E-state index contributed by atoms with van der Waals surface area (Å²) in [6.07, 6.45) is 2.43. The summed E-state index contributed by atoms with van der Waals surface area (Å²) in [5.74, 6) is 1.77. The highest BCUT2D eigenvalue weighted by Crippen LogP contribution is 2.21. The van der Waals surface area contributed by atoms with Crippen molar-refractivity contribution in [1.29, 1.82) is 0 Å². The summed E-state index contributed by atoms with van der Waals surface area (Å²) >= 11 is 1.81. The number of thioether (sulfide) groups is 1. The SMILES string of the molecule is CCCCSCC(C)(C)C(N)=O.CO[Si](=O)OC. The summed E-state index contributed by atoms with van der Waals surface area (Å²) in [5.41, 5.74) is 4.88. The van der Waals surface area contributed by atoms with Crippen LogP contribution < -0.4 is 5.73 Å². The molecule has 0 aliphatic heterocycles. The Hall–Kier alpha value is -0.563. The van der Waals surface area contributed by atoms with Gasteiger partial charge in [0.25, 0.3) is 0 Å². The molecule has 0 saturated carbocycles. The van der Waals surface area contributed by atoms with Crippen molar-refractivity contribution in [2.75, 3.05) is 25.7 Å². The van der Waals surface area contributed by atoms with E-state index in [1.165, 1.54) is 27.1 Å². The van der Waals surface area contributed by atoms with Crippen molar-refractivity contribution in [2.24, 2.45) is 11.1 Å². The largest absolute Gasteiger partial charge is 0.766 e. The van der Waals surface area contributed by atoms with Crippen molar-refractivity contribution in [3.05, 3.63) is 0 Å². The molecule has 108 valence electrons. The Morgan fingerprint density at radius 2 is 1.83 bits per heavy atom. The van der Waals surface area contributed by atoms with Crippen LogP contribution in [-0.2, 0) is 18.1 Å². The van der Waals surface area contributed by atoms with Gasteiger partial charge >= 0.3 is 9.17 Å². The van der Waals surface area contributed by atoms with Crippen LogP contribution in [0.15, 0.2) is 0 Å². The molecule has 5 nitrogen and oxygen atoms in total. The normalized spacial score (nSPS) is 10.1. The van der Waals surface area contributed by atoms with Crippen molar-refractivity contribution >= 4 is 26.8 Å². The molecule has 0 aliphatic carbocycles. The van der Waals surface area contributed by atoms with Gasteiger partial charge < -0.3 is 14.6 Å². The van der Waals surface area contributed by atoms with Crippen LogP contribution in [0.5, 0.6) is 0 Å². The molecular formula is C11H25NO4SSi. The van der Waals surface area contributed by atoms with Crippen LogP contribution in [-0.4, -0.2) is 40.8 Å². The quantitative estimate of drug-likeness (QED) is 0.545. The van der Waals surface area contributed by atoms with Gasteiger partial charge in [-0.25, -0.2) is 0 Å². The second kappa shape index (κ2) is 11.5. The highest BCUT2D eigenvalue weighted by atomic mass is 32.2. The molecule has 0 spiro atoms. The minimum Gasteiger partial charge on any atom is -0.499 e. The van der Waals surface area contributed by atoms with Crippen molar-refractivity contribution < 1.29 is 18.1 Å². The number of nitrogens with two attached hydrogens (primary N) is 1. The molecule has 1 amide bonds. The van der Waals surface area contributed by atoms with Gasteiger partial charge in [-0.15, -0.1) is 0 Å². The van der Waals surface area contributed by atoms with E-state index in [4.69, 9.17) is 5.73 Å². The molecule has 0 heterocycles. The van der Waals surface area contributed by atoms with Crippen molar-refractivity contribution in [1.82, 2.24) is 0 Å². The van der Waals surface area contributed by atoms with Gasteiger partial charge in [0.2, 0.25) is 5.91 Å². The standard InChI is InChI=1S/C9H19NOS.C2H6O3Si/c1-4-5-6-12-7-9(2,3)8(10)11;1-4-6(3)5-2/h4-7H2,1-3H3,(H2,10,11);1-2H3. The van der Waals surface area contributed by atoms with Crippen molar-refractivity contribution in [3.8, 4) is 0 Å². The molecule has 0 rings (SSSR count). The first-order chi connectivity index (χ1) is 8.31. The lowest BCUT2D eigenvalue weighted by Crippen LogP contribution is -2.33. The van der Waals surface area contributed by atoms with Crippen LogP contribution >= 0.6 is 11.8 Å². The number of hydrogen-bond donors (Lipinski definition) is 1. The topological polar surface area (TPSA) is 78.6 Å². The fraction of sp³-hybridized carbons (Fsp3) is 0.909. The van der Waals surface area contributed by atoms with Gasteiger partial charge in [-0.3, -0.25) is 9.26 Å². The summed E-state index contributed by atoms with van der Waals surface area (Å²) in [6, 6.07) is 0. The molecule has 0 aliphatic rings. The number of primary amides is 1. The Balaban J connectivity index is 0. The smallest absolute Gasteiger partial charge is 0.499 e. The van der Waals surface area contributed by atoms with E-state index in [0.717, 1.165) is 11.5 Å². The molecule has 2 N–H and O–H groups in total. The first-order valence-corrected chi connectivity index (χ1v) is 8.19. The Bertz CT molecular complexity index is 243. The van der Waals surface area contributed by atoms with Gasteiger partial charge in [0, 0.05) is 5.75 Å². The Kier molecular flexibility index (Phi) is 12.7. The molecule has 0 aromatic heterocycles. The maximum atomic E-state index is 10.9. The van der Waals surface area contributed by atoms with Crippen LogP contribution in [0.1, 0.15) is 33.6 Å². The fourth-order valence-electron chi connectivity index (χ4n) is 0.728. The average molecular weight is 295 g/mol. The molecule has 0 aromatic rings. The van der Waals surface area contributed by atoms with Crippen molar-refractivity contribution in [3.63, 3.8) is 0 Å². The molecule has 7 heteroatoms. The number of hydrogen-bond acceptors (Lipinski definition) is 5. The maximum Gasteiger partial charge on any atom is 0.766 e. The van der Waals surface area contributed by atoms with Crippen LogP contribution in [0.4, 0.5) is 0 Å². The predicted molar refractivity (Wildman–Crippen MR) is 75.7 cm³/mol. The monoisotopic (exact) mass is 295 g/mol. The average Bonchev–Trinajstić information content (AvgIpc) is 2.34. The number of carbonyl (C=O) groups is 1. The molecular weight excluding hydrogens is 270 g/mol. The van der Waals surface area contributed by atoms with Gasteiger partial charge in [0.1, 0.15) is 0 Å². The first-order valence-electron chi connectivity index (χ1n) is 5.81. The lowest BCUT2D eigenvalue weighted by Gasteiger charge is -2.19. The van der Waals surface area contributed by atoms with Crippen molar-refractivity contribution in [2.45, 2.75) is 33.6 Å². The van der Waals surface area contributed by atoms with E-state index in [2.05, 4.69) is 15.8 Å². The highest BCUT2D eigenvalue weighted by Gasteiger charge is 2.24. The van der Waals surface area contributed by atoms with E-state index in [1.54, 1.807) is 0 Å². The molecule has 0 aromatic carbocycles. The zero-order valence-corrected chi connectivity index (χ0v) is 13.8. The van der Waals surface area contributed by atoms with Crippen LogP contribution in [0.25, 0.3) is 0 Å². The van der Waals surface area contributed by atoms with E-state index in [-0.39, 0.29) is 11.3 Å². The van der Waals surface area contributed by atoms with Crippen LogP contribution in [0.2, 0.25) is 0 Å². The highest BCUT2D eigenvalue weighted by molar-refractivity contribution is 7.99. The molecule has 0 saturated heterocycles. The van der Waals surface area contributed by atoms with Gasteiger partial charge in [0.05, 0.1) is 19.6 Å². The Morgan fingerprint density at radius 3 is 2.11 bits per heavy atom. The molecule has 18 heavy (non-hydrogen) atoms. The number of amides is 1. The minimum atomic E-state index is -2.12. The zero-order valence-electron chi connectivity index (χ0n) is 11.9. The minimum absolute atomic E-state index is 0.202. The number of rotatable bonds is 8. The summed E-state index contributed by atoms with van der Waals surface area (Å²) in [4.78, 5) is 10.9. The molecule has 0 unspecified atom stereocenters. The third-order valence-electron chi connectivity index (χ3n) is 2.11. The van der Waals surface area contributed by atoms with Gasteiger partial charge in [-0.05, 0) is 12.2 Å². The van der Waals surface area contributed by atoms with E-state index < -0.39 is 9.17 Å². The lowest BCUT2D eigenvalue weighted by molar-refractivity contribution is -0.124. The molecule has 0 fully saturated rings. The third kappa shape index (κ3) is 11.9. The van der Waals surface area contributed by atoms with Crippen LogP contribution in [0.3, 0.4) is 0 Å². The lowest BCUT2D eigenvalue weighted by atomic mass is 9.96. The predicted octanol–water partition coefficient (Wildman–Crippen LogP) is 1.73. The molecule has 0 radical (unpaired) electrons. The molecule has 0 bridgehead atoms. The fourth-order valence-corrected chi connectivity index (χ4v) is 2.18. The number of unbranched alkanes of at least 4 members (excludes halogenated alkanes) is 1. The first kappa shape index (κ1) is 19.8. The van der Waals surface area contributed by atoms with E-state index >= 15 is 0 Å². The second-order valence-corrected chi connectivity index (χ2v) is 6.73. The zero-order chi connectivity index (χ0) is 14.6. The van der Waals surface area contributed by atoms with E-state index in [1.807, 2.05) is 25.6 Å². The maximum absolute atomic E-state index is 10.9. The van der Waals surface area contributed by atoms with Crippen LogP contribution in [0, 0.1) is 5.41 Å². The Labute approximate surface area is 116 Å². The van der Waals surface area contributed by atoms with Gasteiger partial charge in [-0.2, -0.15) is 11.8 Å². The van der Waals surface area contributed by atoms with E-state index in [9.17, 15) is 9.26 Å². The summed E-state index contributed by atoms with van der Waals surface area (Å²) < 4.78 is 18.4. The van der Waals surface area contributed by atoms with Gasteiger partial charge in [-0.1, -0.05) is 27.2 Å². The second-order valence-electron chi connectivity index (χ2n) is 4.31.